The summed E-state index contributed by atoms with van der Waals surface area (Å²) in [5, 5.41) is 44.2. The number of rotatable bonds is 5. The van der Waals surface area contributed by atoms with E-state index < -0.39 is 31.0 Å². The van der Waals surface area contributed by atoms with Gasteiger partial charge in [0.2, 0.25) is 0 Å². The SMILES string of the molecule is C=CC(O)C(O)C(O)C(O)CO. The van der Waals surface area contributed by atoms with Crippen LogP contribution in [0.2, 0.25) is 0 Å². The topological polar surface area (TPSA) is 101 Å². The van der Waals surface area contributed by atoms with Gasteiger partial charge in [-0.15, -0.1) is 6.58 Å². The van der Waals surface area contributed by atoms with E-state index in [1.165, 1.54) is 0 Å². The van der Waals surface area contributed by atoms with Crippen molar-refractivity contribution in [1.29, 1.82) is 0 Å². The fourth-order valence-electron chi connectivity index (χ4n) is 0.677. The van der Waals surface area contributed by atoms with E-state index in [-0.39, 0.29) is 0 Å². The minimum absolute atomic E-state index is 0.678. The highest BCUT2D eigenvalue weighted by Crippen LogP contribution is 2.04. The van der Waals surface area contributed by atoms with Crippen molar-refractivity contribution in [3.05, 3.63) is 12.7 Å². The van der Waals surface area contributed by atoms with Crippen molar-refractivity contribution in [2.75, 3.05) is 6.61 Å². The molecule has 12 heavy (non-hydrogen) atoms. The lowest BCUT2D eigenvalue weighted by Crippen LogP contribution is -2.45. The fraction of sp³-hybridized carbons (Fsp3) is 0.714. The Morgan fingerprint density at radius 2 is 1.58 bits per heavy atom. The van der Waals surface area contributed by atoms with Crippen LogP contribution in [0.3, 0.4) is 0 Å². The van der Waals surface area contributed by atoms with Crippen LogP contribution in [-0.2, 0) is 0 Å². The van der Waals surface area contributed by atoms with Gasteiger partial charge in [-0.1, -0.05) is 6.08 Å². The summed E-state index contributed by atoms with van der Waals surface area (Å²) in [6.07, 6.45) is -4.87. The van der Waals surface area contributed by atoms with Crippen LogP contribution in [-0.4, -0.2) is 56.6 Å². The summed E-state index contributed by atoms with van der Waals surface area (Å²) in [4.78, 5) is 0. The maximum absolute atomic E-state index is 9.05. The Morgan fingerprint density at radius 1 is 1.08 bits per heavy atom. The van der Waals surface area contributed by atoms with E-state index >= 15 is 0 Å². The molecular weight excluding hydrogens is 164 g/mol. The van der Waals surface area contributed by atoms with Crippen LogP contribution in [0.15, 0.2) is 12.7 Å². The molecule has 5 N–H and O–H groups in total. The summed E-state index contributed by atoms with van der Waals surface area (Å²) in [7, 11) is 0. The molecule has 4 atom stereocenters. The molecule has 4 unspecified atom stereocenters. The summed E-state index contributed by atoms with van der Waals surface area (Å²) >= 11 is 0. The zero-order valence-corrected chi connectivity index (χ0v) is 6.54. The van der Waals surface area contributed by atoms with E-state index in [0.717, 1.165) is 6.08 Å². The van der Waals surface area contributed by atoms with E-state index in [1.54, 1.807) is 0 Å². The Balaban J connectivity index is 4.07. The summed E-state index contributed by atoms with van der Waals surface area (Å²) in [5.74, 6) is 0. The second-order valence-electron chi connectivity index (χ2n) is 2.46. The number of hydrogen-bond acceptors (Lipinski definition) is 5. The molecule has 0 fully saturated rings. The molecule has 0 heterocycles. The van der Waals surface area contributed by atoms with E-state index in [2.05, 4.69) is 6.58 Å². The first-order valence-electron chi connectivity index (χ1n) is 3.50. The van der Waals surface area contributed by atoms with Crippen LogP contribution in [0.1, 0.15) is 0 Å². The molecule has 0 aromatic rings. The van der Waals surface area contributed by atoms with Gasteiger partial charge >= 0.3 is 0 Å². The number of aliphatic hydroxyl groups is 5. The molecular formula is C7H14O5. The second kappa shape index (κ2) is 5.23. The summed E-state index contributed by atoms with van der Waals surface area (Å²) in [6, 6.07) is 0. The Bertz CT molecular complexity index is 138. The Kier molecular flexibility index (Phi) is 5.03. The lowest BCUT2D eigenvalue weighted by atomic mass is 10.0. The molecule has 0 bridgehead atoms. The van der Waals surface area contributed by atoms with Gasteiger partial charge in [0.05, 0.1) is 6.61 Å². The van der Waals surface area contributed by atoms with E-state index in [9.17, 15) is 0 Å². The van der Waals surface area contributed by atoms with Crippen LogP contribution < -0.4 is 0 Å². The van der Waals surface area contributed by atoms with Crippen LogP contribution in [0.25, 0.3) is 0 Å². The molecule has 0 spiro atoms. The highest BCUT2D eigenvalue weighted by molar-refractivity contribution is 4.90. The van der Waals surface area contributed by atoms with Gasteiger partial charge in [-0.05, 0) is 0 Å². The monoisotopic (exact) mass is 178 g/mol. The largest absolute Gasteiger partial charge is 0.394 e. The van der Waals surface area contributed by atoms with Crippen LogP contribution in [0.5, 0.6) is 0 Å². The smallest absolute Gasteiger partial charge is 0.112 e. The fourth-order valence-corrected chi connectivity index (χ4v) is 0.677. The number of aliphatic hydroxyl groups excluding tert-OH is 5. The zero-order valence-electron chi connectivity index (χ0n) is 6.54. The van der Waals surface area contributed by atoms with Gasteiger partial charge < -0.3 is 25.5 Å². The molecule has 72 valence electrons. The first-order chi connectivity index (χ1) is 5.54. The molecule has 0 saturated heterocycles. The van der Waals surface area contributed by atoms with Gasteiger partial charge in [0, 0.05) is 0 Å². The highest BCUT2D eigenvalue weighted by Gasteiger charge is 2.28. The molecule has 5 heteroatoms. The van der Waals surface area contributed by atoms with Gasteiger partial charge in [-0.25, -0.2) is 0 Å². The van der Waals surface area contributed by atoms with Gasteiger partial charge in [0.1, 0.15) is 24.4 Å². The minimum atomic E-state index is -1.58. The maximum Gasteiger partial charge on any atom is 0.112 e. The highest BCUT2D eigenvalue weighted by atomic mass is 16.4. The van der Waals surface area contributed by atoms with Gasteiger partial charge in [0.15, 0.2) is 0 Å². The first-order valence-corrected chi connectivity index (χ1v) is 3.50. The molecule has 0 saturated carbocycles. The van der Waals surface area contributed by atoms with E-state index in [4.69, 9.17) is 25.5 Å². The maximum atomic E-state index is 9.05. The summed E-state index contributed by atoms with van der Waals surface area (Å²) < 4.78 is 0. The molecule has 0 aromatic carbocycles. The summed E-state index contributed by atoms with van der Waals surface area (Å²) in [5.41, 5.74) is 0. The normalized spacial score (nSPS) is 21.1. The third-order valence-corrected chi connectivity index (χ3v) is 1.52. The van der Waals surface area contributed by atoms with Crippen LogP contribution >= 0.6 is 0 Å². The van der Waals surface area contributed by atoms with Gasteiger partial charge in [-0.2, -0.15) is 0 Å². The predicted octanol–water partition coefficient (Wildman–Crippen LogP) is -2.39. The van der Waals surface area contributed by atoms with Gasteiger partial charge in [-0.3, -0.25) is 0 Å². The van der Waals surface area contributed by atoms with Crippen LogP contribution in [0.4, 0.5) is 0 Å². The average molecular weight is 178 g/mol. The Labute approximate surface area is 70.2 Å². The molecule has 0 aliphatic carbocycles. The van der Waals surface area contributed by atoms with E-state index in [0.29, 0.717) is 0 Å². The molecule has 0 rings (SSSR count). The molecule has 5 nitrogen and oxygen atoms in total. The van der Waals surface area contributed by atoms with Crippen molar-refractivity contribution in [2.24, 2.45) is 0 Å². The van der Waals surface area contributed by atoms with Crippen molar-refractivity contribution in [3.63, 3.8) is 0 Å². The van der Waals surface area contributed by atoms with Crippen molar-refractivity contribution in [3.8, 4) is 0 Å². The number of hydrogen-bond donors (Lipinski definition) is 5. The standard InChI is InChI=1S/C7H14O5/c1-2-4(9)6(11)7(12)5(10)3-8/h2,4-12H,1,3H2. The third-order valence-electron chi connectivity index (χ3n) is 1.52. The van der Waals surface area contributed by atoms with Crippen molar-refractivity contribution in [2.45, 2.75) is 24.4 Å². The predicted molar refractivity (Wildman–Crippen MR) is 41.3 cm³/mol. The first kappa shape index (κ1) is 11.5. The molecule has 0 amide bonds. The zero-order chi connectivity index (χ0) is 9.72. The third kappa shape index (κ3) is 2.88. The van der Waals surface area contributed by atoms with E-state index in [1.807, 2.05) is 0 Å². The van der Waals surface area contributed by atoms with Crippen molar-refractivity contribution < 1.29 is 25.5 Å². The minimum Gasteiger partial charge on any atom is -0.394 e. The lowest BCUT2D eigenvalue weighted by molar-refractivity contribution is -0.104. The average Bonchev–Trinajstić information content (AvgIpc) is 2.12. The molecule has 0 aliphatic heterocycles. The Hall–Kier alpha value is -0.460. The molecule has 0 aliphatic rings. The van der Waals surface area contributed by atoms with Crippen LogP contribution in [0, 0.1) is 0 Å². The summed E-state index contributed by atoms with van der Waals surface area (Å²) in [6.45, 7) is 2.51. The lowest BCUT2D eigenvalue weighted by Gasteiger charge is -2.23. The quantitative estimate of drug-likeness (QED) is 0.302. The Morgan fingerprint density at radius 3 is 1.92 bits per heavy atom. The second-order valence-corrected chi connectivity index (χ2v) is 2.46. The van der Waals surface area contributed by atoms with Crippen molar-refractivity contribution in [1.82, 2.24) is 0 Å². The van der Waals surface area contributed by atoms with Crippen molar-refractivity contribution >= 4 is 0 Å². The molecule has 0 aromatic heterocycles. The van der Waals surface area contributed by atoms with Gasteiger partial charge in [0.25, 0.3) is 0 Å². The molecule has 0 radical (unpaired) electrons.